The highest BCUT2D eigenvalue weighted by Gasteiger charge is 2.69. The summed E-state index contributed by atoms with van der Waals surface area (Å²) in [4.78, 5) is 24.1. The average Bonchev–Trinajstić information content (AvgIpc) is 2.90. The summed E-state index contributed by atoms with van der Waals surface area (Å²) in [6.07, 6.45) is 0.944. The van der Waals surface area contributed by atoms with E-state index in [9.17, 15) is 26.8 Å². The lowest BCUT2D eigenvalue weighted by molar-refractivity contribution is -0.176. The zero-order valence-corrected chi connectivity index (χ0v) is 14.1. The third-order valence-corrected chi connectivity index (χ3v) is 6.41. The number of alkyl halides is 2. The van der Waals surface area contributed by atoms with Crippen LogP contribution in [0.3, 0.4) is 0 Å². The van der Waals surface area contributed by atoms with Crippen LogP contribution >= 0.6 is 0 Å². The Hall–Kier alpha value is -1.33. The molecule has 4 bridgehead atoms. The van der Waals surface area contributed by atoms with Gasteiger partial charge in [0, 0.05) is 13.0 Å². The van der Waals surface area contributed by atoms with Gasteiger partial charge in [0.15, 0.2) is 6.79 Å². The van der Waals surface area contributed by atoms with Gasteiger partial charge in [-0.1, -0.05) is 0 Å². The van der Waals surface area contributed by atoms with Crippen LogP contribution in [0.15, 0.2) is 0 Å². The van der Waals surface area contributed by atoms with Crippen LogP contribution in [0.25, 0.3) is 0 Å². The molecule has 0 spiro atoms. The molecular formula is C14H18F2O8S. The first-order valence-electron chi connectivity index (χ1n) is 7.75. The molecule has 4 aliphatic carbocycles. The standard InChI is InChI=1S/C14H18F2O8S/c1-22-6-23-11(17)13-4-7-2-8(5-13)10(9(13)3-7)24-12(18)14(15,16)25(19,20)21/h7-10H,2-6H2,1H3,(H,19,20,21). The third-order valence-electron chi connectivity index (χ3n) is 5.59. The summed E-state index contributed by atoms with van der Waals surface area (Å²) in [6, 6.07) is 0. The third kappa shape index (κ3) is 2.72. The van der Waals surface area contributed by atoms with Crippen LogP contribution in [0.5, 0.6) is 0 Å². The first-order chi connectivity index (χ1) is 11.5. The minimum Gasteiger partial charge on any atom is -0.456 e. The molecule has 4 aliphatic rings. The lowest BCUT2D eigenvalue weighted by Gasteiger charge is -2.32. The van der Waals surface area contributed by atoms with E-state index in [4.69, 9.17) is 18.8 Å². The molecule has 0 aromatic heterocycles. The molecular weight excluding hydrogens is 366 g/mol. The summed E-state index contributed by atoms with van der Waals surface area (Å²) in [5.41, 5.74) is -0.926. The Morgan fingerprint density at radius 1 is 1.28 bits per heavy atom. The molecule has 8 nitrogen and oxygen atoms in total. The van der Waals surface area contributed by atoms with Crippen molar-refractivity contribution in [2.24, 2.45) is 23.2 Å². The van der Waals surface area contributed by atoms with Gasteiger partial charge in [0.05, 0.1) is 5.41 Å². The van der Waals surface area contributed by atoms with Gasteiger partial charge in [-0.25, -0.2) is 4.79 Å². The summed E-state index contributed by atoms with van der Waals surface area (Å²) < 4.78 is 71.4. The van der Waals surface area contributed by atoms with Gasteiger partial charge in [-0.2, -0.15) is 17.2 Å². The molecule has 11 heteroatoms. The van der Waals surface area contributed by atoms with Gasteiger partial charge in [0.2, 0.25) is 0 Å². The molecule has 25 heavy (non-hydrogen) atoms. The summed E-state index contributed by atoms with van der Waals surface area (Å²) in [6.45, 7) is -0.242. The molecule has 0 radical (unpaired) electrons. The summed E-state index contributed by atoms with van der Waals surface area (Å²) >= 11 is 0. The predicted molar refractivity (Wildman–Crippen MR) is 75.7 cm³/mol. The lowest BCUT2D eigenvalue weighted by atomic mass is 9.75. The molecule has 0 aromatic rings. The number of halogens is 2. The van der Waals surface area contributed by atoms with E-state index in [1.54, 1.807) is 0 Å². The van der Waals surface area contributed by atoms with E-state index in [1.165, 1.54) is 7.11 Å². The quantitative estimate of drug-likeness (QED) is 0.409. The van der Waals surface area contributed by atoms with Crippen molar-refractivity contribution in [2.45, 2.75) is 37.0 Å². The Labute approximate surface area is 142 Å². The maximum Gasteiger partial charge on any atom is 0.465 e. The molecule has 1 N–H and O–H groups in total. The van der Waals surface area contributed by atoms with Gasteiger partial charge >= 0.3 is 27.3 Å². The van der Waals surface area contributed by atoms with Crippen LogP contribution in [0.2, 0.25) is 0 Å². The zero-order chi connectivity index (χ0) is 18.6. The molecule has 4 saturated carbocycles. The second kappa shape index (κ2) is 5.85. The minimum absolute atomic E-state index is 0.205. The Bertz CT molecular complexity index is 693. The van der Waals surface area contributed by atoms with Gasteiger partial charge < -0.3 is 14.2 Å². The highest BCUT2D eigenvalue weighted by Crippen LogP contribution is 2.66. The largest absolute Gasteiger partial charge is 0.465 e. The van der Waals surface area contributed by atoms with E-state index in [0.29, 0.717) is 25.7 Å². The molecule has 0 heterocycles. The van der Waals surface area contributed by atoms with Crippen LogP contribution in [-0.4, -0.2) is 50.2 Å². The van der Waals surface area contributed by atoms with Crippen LogP contribution in [-0.2, 0) is 33.9 Å². The number of hydrogen-bond acceptors (Lipinski definition) is 7. The molecule has 5 unspecified atom stereocenters. The number of rotatable bonds is 6. The highest BCUT2D eigenvalue weighted by atomic mass is 32.2. The fourth-order valence-corrected chi connectivity index (χ4v) is 5.06. The minimum atomic E-state index is -5.93. The van der Waals surface area contributed by atoms with Gasteiger partial charge in [-0.05, 0) is 37.5 Å². The van der Waals surface area contributed by atoms with E-state index >= 15 is 0 Å². The zero-order valence-electron chi connectivity index (χ0n) is 13.3. The molecule has 0 aliphatic heterocycles. The number of carbonyl (C=O) groups excluding carboxylic acids is 2. The van der Waals surface area contributed by atoms with Gasteiger partial charge in [-0.3, -0.25) is 9.35 Å². The van der Waals surface area contributed by atoms with Crippen LogP contribution in [0.1, 0.15) is 25.7 Å². The van der Waals surface area contributed by atoms with E-state index in [1.807, 2.05) is 0 Å². The fourth-order valence-electron chi connectivity index (χ4n) is 4.81. The van der Waals surface area contributed by atoms with Crippen molar-refractivity contribution in [3.8, 4) is 0 Å². The number of methoxy groups -OCH3 is 1. The topological polar surface area (TPSA) is 116 Å². The Morgan fingerprint density at radius 3 is 2.56 bits per heavy atom. The van der Waals surface area contributed by atoms with E-state index < -0.39 is 44.7 Å². The Morgan fingerprint density at radius 2 is 1.96 bits per heavy atom. The highest BCUT2D eigenvalue weighted by molar-refractivity contribution is 7.87. The second-order valence-corrected chi connectivity index (χ2v) is 8.43. The fraction of sp³-hybridized carbons (Fsp3) is 0.857. The SMILES string of the molecule is COCOC(=O)C12CC3CC(C1)C(OC(=O)C(F)(F)S(=O)(=O)O)C2C3. The average molecular weight is 384 g/mol. The van der Waals surface area contributed by atoms with Crippen molar-refractivity contribution >= 4 is 22.1 Å². The van der Waals surface area contributed by atoms with Crippen LogP contribution < -0.4 is 0 Å². The normalized spacial score (nSPS) is 36.5. The van der Waals surface area contributed by atoms with Crippen molar-refractivity contribution in [1.82, 2.24) is 0 Å². The number of carbonyl (C=O) groups is 2. The van der Waals surface area contributed by atoms with E-state index in [-0.39, 0.29) is 18.6 Å². The summed E-state index contributed by atoms with van der Waals surface area (Å²) in [7, 11) is -4.58. The first-order valence-corrected chi connectivity index (χ1v) is 9.19. The van der Waals surface area contributed by atoms with Crippen LogP contribution in [0, 0.1) is 23.2 Å². The maximum atomic E-state index is 13.5. The molecule has 0 aromatic carbocycles. The van der Waals surface area contributed by atoms with Crippen molar-refractivity contribution < 1.29 is 45.6 Å². The second-order valence-electron chi connectivity index (χ2n) is 6.97. The van der Waals surface area contributed by atoms with Crippen molar-refractivity contribution in [2.75, 3.05) is 13.9 Å². The van der Waals surface area contributed by atoms with E-state index in [0.717, 1.165) is 0 Å². The molecule has 5 atom stereocenters. The molecule has 0 amide bonds. The smallest absolute Gasteiger partial charge is 0.456 e. The van der Waals surface area contributed by atoms with Gasteiger partial charge in [0.25, 0.3) is 0 Å². The van der Waals surface area contributed by atoms with Crippen LogP contribution in [0.4, 0.5) is 8.78 Å². The summed E-state index contributed by atoms with van der Waals surface area (Å²) in [5, 5.41) is -5.05. The van der Waals surface area contributed by atoms with Gasteiger partial charge in [0.1, 0.15) is 6.10 Å². The number of hydrogen-bond donors (Lipinski definition) is 1. The van der Waals surface area contributed by atoms with Crippen molar-refractivity contribution in [3.63, 3.8) is 0 Å². The first kappa shape index (κ1) is 18.5. The lowest BCUT2D eigenvalue weighted by Crippen LogP contribution is -2.44. The Kier molecular flexibility index (Phi) is 4.32. The molecule has 4 fully saturated rings. The maximum absolute atomic E-state index is 13.5. The molecule has 142 valence electrons. The van der Waals surface area contributed by atoms with Crippen molar-refractivity contribution in [3.05, 3.63) is 0 Å². The number of ether oxygens (including phenoxy) is 3. The summed E-state index contributed by atoms with van der Waals surface area (Å²) in [5.74, 6) is -3.48. The van der Waals surface area contributed by atoms with E-state index in [2.05, 4.69) is 0 Å². The Balaban J connectivity index is 1.79. The van der Waals surface area contributed by atoms with Gasteiger partial charge in [-0.15, -0.1) is 0 Å². The number of esters is 2. The predicted octanol–water partition coefficient (Wildman–Crippen LogP) is 0.962. The monoisotopic (exact) mass is 384 g/mol. The van der Waals surface area contributed by atoms with Crippen molar-refractivity contribution in [1.29, 1.82) is 0 Å². The molecule has 0 saturated heterocycles. The molecule has 4 rings (SSSR count).